The maximum Gasteiger partial charge on any atom is 0.262 e. The number of ether oxygens (including phenoxy) is 2. The van der Waals surface area contributed by atoms with Crippen LogP contribution >= 0.6 is 0 Å². The van der Waals surface area contributed by atoms with Crippen LogP contribution in [0.15, 0.2) is 47.4 Å². The van der Waals surface area contributed by atoms with Gasteiger partial charge in [-0.3, -0.25) is 4.79 Å². The van der Waals surface area contributed by atoms with Crippen LogP contribution in [0.4, 0.5) is 5.69 Å². The smallest absolute Gasteiger partial charge is 0.262 e. The summed E-state index contributed by atoms with van der Waals surface area (Å²) in [7, 11) is -2.69. The SMILES string of the molecule is COc1ccc(NC(=O)COc2ccc(C#N)cc2)cc1S(N)(=O)=O. The number of carbonyl (C=O) groups excluding carboxylic acids is 1. The Morgan fingerprint density at radius 3 is 2.48 bits per heavy atom. The molecule has 0 radical (unpaired) electrons. The zero-order valence-corrected chi connectivity index (χ0v) is 14.0. The molecule has 0 aliphatic carbocycles. The first kappa shape index (κ1) is 18.3. The van der Waals surface area contributed by atoms with E-state index in [0.717, 1.165) is 0 Å². The van der Waals surface area contributed by atoms with Gasteiger partial charge in [-0.1, -0.05) is 0 Å². The minimum absolute atomic E-state index is 0.0781. The van der Waals surface area contributed by atoms with E-state index >= 15 is 0 Å². The molecule has 2 rings (SSSR count). The molecule has 0 spiro atoms. The summed E-state index contributed by atoms with van der Waals surface area (Å²) < 4.78 is 33.3. The maximum atomic E-state index is 11.9. The van der Waals surface area contributed by atoms with Gasteiger partial charge in [-0.15, -0.1) is 0 Å². The number of primary sulfonamides is 1. The van der Waals surface area contributed by atoms with Crippen molar-refractivity contribution in [3.05, 3.63) is 48.0 Å². The molecule has 0 bridgehead atoms. The predicted octanol–water partition coefficient (Wildman–Crippen LogP) is 1.23. The zero-order valence-electron chi connectivity index (χ0n) is 13.2. The number of nitrogens with one attached hydrogen (secondary N) is 1. The first-order valence-electron chi connectivity index (χ1n) is 6.97. The van der Waals surface area contributed by atoms with Crippen molar-refractivity contribution in [1.29, 1.82) is 5.26 Å². The van der Waals surface area contributed by atoms with Gasteiger partial charge in [0.2, 0.25) is 10.0 Å². The summed E-state index contributed by atoms with van der Waals surface area (Å²) in [5.41, 5.74) is 0.712. The number of benzene rings is 2. The quantitative estimate of drug-likeness (QED) is 0.795. The highest BCUT2D eigenvalue weighted by Crippen LogP contribution is 2.26. The third kappa shape index (κ3) is 4.94. The summed E-state index contributed by atoms with van der Waals surface area (Å²) in [5.74, 6) is 0.0123. The van der Waals surface area contributed by atoms with E-state index in [2.05, 4.69) is 5.32 Å². The van der Waals surface area contributed by atoms with Crippen LogP contribution in [0.3, 0.4) is 0 Å². The Bertz CT molecular complexity index is 918. The molecule has 8 nitrogen and oxygen atoms in total. The monoisotopic (exact) mass is 361 g/mol. The largest absolute Gasteiger partial charge is 0.495 e. The first-order chi connectivity index (χ1) is 11.8. The van der Waals surface area contributed by atoms with Crippen molar-refractivity contribution in [2.45, 2.75) is 4.90 Å². The Morgan fingerprint density at radius 1 is 1.24 bits per heavy atom. The van der Waals surface area contributed by atoms with E-state index in [4.69, 9.17) is 19.9 Å². The standard InChI is InChI=1S/C16H15N3O5S/c1-23-14-7-4-12(8-15(14)25(18,21)22)19-16(20)10-24-13-5-2-11(9-17)3-6-13/h2-8H,10H2,1H3,(H,19,20)(H2,18,21,22). The van der Waals surface area contributed by atoms with Crippen LogP contribution in [-0.2, 0) is 14.8 Å². The molecule has 0 aromatic heterocycles. The average molecular weight is 361 g/mol. The van der Waals surface area contributed by atoms with E-state index < -0.39 is 15.9 Å². The van der Waals surface area contributed by atoms with Crippen LogP contribution in [0.1, 0.15) is 5.56 Å². The van der Waals surface area contributed by atoms with E-state index in [1.807, 2.05) is 6.07 Å². The van der Waals surface area contributed by atoms with Crippen LogP contribution in [0.25, 0.3) is 0 Å². The van der Waals surface area contributed by atoms with E-state index in [1.54, 1.807) is 24.3 Å². The van der Waals surface area contributed by atoms with E-state index in [-0.39, 0.29) is 22.9 Å². The molecule has 25 heavy (non-hydrogen) atoms. The topological polar surface area (TPSA) is 132 Å². The van der Waals surface area contributed by atoms with Crippen molar-refractivity contribution >= 4 is 21.6 Å². The highest BCUT2D eigenvalue weighted by Gasteiger charge is 2.16. The van der Waals surface area contributed by atoms with Crippen LogP contribution in [0.2, 0.25) is 0 Å². The van der Waals surface area contributed by atoms with Crippen molar-refractivity contribution in [2.24, 2.45) is 5.14 Å². The minimum atomic E-state index is -4.00. The highest BCUT2D eigenvalue weighted by atomic mass is 32.2. The Hall–Kier alpha value is -3.09. The number of nitrogens with zero attached hydrogens (tertiary/aromatic N) is 1. The van der Waals surface area contributed by atoms with Gasteiger partial charge in [-0.25, -0.2) is 13.6 Å². The summed E-state index contributed by atoms with van der Waals surface area (Å²) >= 11 is 0. The van der Waals surface area contributed by atoms with Crippen molar-refractivity contribution in [3.8, 4) is 17.6 Å². The molecule has 0 atom stereocenters. The molecule has 130 valence electrons. The van der Waals surface area contributed by atoms with Crippen molar-refractivity contribution in [1.82, 2.24) is 0 Å². The molecule has 9 heteroatoms. The molecule has 2 aromatic rings. The lowest BCUT2D eigenvalue weighted by molar-refractivity contribution is -0.118. The first-order valence-corrected chi connectivity index (χ1v) is 8.52. The van der Waals surface area contributed by atoms with Gasteiger partial charge < -0.3 is 14.8 Å². The van der Waals surface area contributed by atoms with Gasteiger partial charge in [0, 0.05) is 5.69 Å². The van der Waals surface area contributed by atoms with Crippen LogP contribution in [0.5, 0.6) is 11.5 Å². The fourth-order valence-electron chi connectivity index (χ4n) is 1.95. The van der Waals surface area contributed by atoms with Crippen molar-refractivity contribution in [2.75, 3.05) is 19.0 Å². The molecule has 2 aromatic carbocycles. The van der Waals surface area contributed by atoms with Gasteiger partial charge in [-0.2, -0.15) is 5.26 Å². The molecule has 0 aliphatic rings. The minimum Gasteiger partial charge on any atom is -0.495 e. The van der Waals surface area contributed by atoms with Gasteiger partial charge >= 0.3 is 0 Å². The summed E-state index contributed by atoms with van der Waals surface area (Å²) in [6, 6.07) is 12.3. The van der Waals surface area contributed by atoms with E-state index in [9.17, 15) is 13.2 Å². The third-order valence-corrected chi connectivity index (χ3v) is 4.04. The zero-order chi connectivity index (χ0) is 18.4. The maximum absolute atomic E-state index is 11.9. The number of hydrogen-bond donors (Lipinski definition) is 2. The highest BCUT2D eigenvalue weighted by molar-refractivity contribution is 7.89. The lowest BCUT2D eigenvalue weighted by atomic mass is 10.2. The van der Waals surface area contributed by atoms with Crippen molar-refractivity contribution < 1.29 is 22.7 Å². The lowest BCUT2D eigenvalue weighted by Crippen LogP contribution is -2.21. The van der Waals surface area contributed by atoms with Gasteiger partial charge in [0.05, 0.1) is 18.7 Å². The molecule has 0 aliphatic heterocycles. The molecular weight excluding hydrogens is 346 g/mol. The average Bonchev–Trinajstić information content (AvgIpc) is 2.59. The molecule has 3 N–H and O–H groups in total. The number of nitriles is 1. The predicted molar refractivity (Wildman–Crippen MR) is 89.6 cm³/mol. The second-order valence-electron chi connectivity index (χ2n) is 4.88. The number of carbonyl (C=O) groups is 1. The molecule has 0 fully saturated rings. The molecule has 0 heterocycles. The number of methoxy groups -OCH3 is 1. The van der Waals surface area contributed by atoms with Crippen LogP contribution in [0, 0.1) is 11.3 Å². The second-order valence-corrected chi connectivity index (χ2v) is 6.41. The van der Waals surface area contributed by atoms with Gasteiger partial charge in [-0.05, 0) is 42.5 Å². The van der Waals surface area contributed by atoms with Gasteiger partial charge in [0.25, 0.3) is 5.91 Å². The van der Waals surface area contributed by atoms with Gasteiger partial charge in [0.15, 0.2) is 6.61 Å². The summed E-state index contributed by atoms with van der Waals surface area (Å²) in [6.45, 7) is -0.289. The Kier molecular flexibility index (Phi) is 5.59. The number of hydrogen-bond acceptors (Lipinski definition) is 6. The molecule has 1 amide bonds. The number of amides is 1. The van der Waals surface area contributed by atoms with E-state index in [1.165, 1.54) is 25.3 Å². The summed E-state index contributed by atoms with van der Waals surface area (Å²) in [5, 5.41) is 16.3. The number of nitrogens with two attached hydrogens (primary N) is 1. The Morgan fingerprint density at radius 2 is 1.92 bits per heavy atom. The molecule has 0 saturated heterocycles. The summed E-state index contributed by atoms with van der Waals surface area (Å²) in [6.07, 6.45) is 0. The van der Waals surface area contributed by atoms with Crippen molar-refractivity contribution in [3.63, 3.8) is 0 Å². The second kappa shape index (κ2) is 7.65. The molecule has 0 unspecified atom stereocenters. The Labute approximate surface area is 144 Å². The normalized spacial score (nSPS) is 10.6. The van der Waals surface area contributed by atoms with Crippen LogP contribution in [-0.4, -0.2) is 28.0 Å². The fourth-order valence-corrected chi connectivity index (χ4v) is 2.67. The lowest BCUT2D eigenvalue weighted by Gasteiger charge is -2.11. The summed E-state index contributed by atoms with van der Waals surface area (Å²) in [4.78, 5) is 11.7. The number of sulfonamides is 1. The fraction of sp³-hybridized carbons (Fsp3) is 0.125. The van der Waals surface area contributed by atoms with Crippen LogP contribution < -0.4 is 19.9 Å². The Balaban J connectivity index is 2.04. The van der Waals surface area contributed by atoms with Gasteiger partial charge in [0.1, 0.15) is 16.4 Å². The third-order valence-electron chi connectivity index (χ3n) is 3.11. The molecule has 0 saturated carbocycles. The van der Waals surface area contributed by atoms with E-state index in [0.29, 0.717) is 11.3 Å². The molecular formula is C16H15N3O5S. The number of anilines is 1. The number of rotatable bonds is 6.